The highest BCUT2D eigenvalue weighted by Crippen LogP contribution is 2.62. The van der Waals surface area contributed by atoms with Crippen LogP contribution in [0.3, 0.4) is 0 Å². The molecule has 4 nitrogen and oxygen atoms in total. The lowest BCUT2D eigenvalue weighted by Crippen LogP contribution is -2.40. The summed E-state index contributed by atoms with van der Waals surface area (Å²) in [6.07, 6.45) is 0. The molecule has 8 aromatic carbocycles. The van der Waals surface area contributed by atoms with Crippen LogP contribution in [0.25, 0.3) is 78.4 Å². The van der Waals surface area contributed by atoms with Crippen LogP contribution in [0, 0.1) is 0 Å². The van der Waals surface area contributed by atoms with E-state index in [0.29, 0.717) is 17.5 Å². The lowest BCUT2D eigenvalue weighted by atomic mass is 9.55. The van der Waals surface area contributed by atoms with Gasteiger partial charge in [0.1, 0.15) is 11.2 Å². The third-order valence-electron chi connectivity index (χ3n) is 12.8. The lowest BCUT2D eigenvalue weighted by molar-refractivity contribution is 0.563. The Labute approximate surface area is 342 Å². The Morgan fingerprint density at radius 3 is 1.51 bits per heavy atom. The molecule has 0 radical (unpaired) electrons. The number of hydrogen-bond donors (Lipinski definition) is 0. The first-order chi connectivity index (χ1) is 29.0. The largest absolute Gasteiger partial charge is 0.455 e. The minimum atomic E-state index is -0.506. The number of furan rings is 1. The zero-order valence-corrected chi connectivity index (χ0v) is 32.6. The van der Waals surface area contributed by atoms with Crippen molar-refractivity contribution in [1.82, 2.24) is 15.0 Å². The smallest absolute Gasteiger partial charge is 0.167 e. The summed E-state index contributed by atoms with van der Waals surface area (Å²) in [5.74, 6) is 1.79. The van der Waals surface area contributed by atoms with Crippen molar-refractivity contribution >= 4 is 21.9 Å². The summed E-state index contributed by atoms with van der Waals surface area (Å²) >= 11 is 0. The molecule has 278 valence electrons. The zero-order valence-electron chi connectivity index (χ0n) is 32.6. The summed E-state index contributed by atoms with van der Waals surface area (Å²) in [7, 11) is 0. The van der Waals surface area contributed by atoms with E-state index >= 15 is 0 Å². The number of nitrogens with zero attached hydrogens (tertiary/aromatic N) is 3. The molecule has 0 atom stereocenters. The van der Waals surface area contributed by atoms with E-state index in [0.717, 1.165) is 49.8 Å². The summed E-state index contributed by atoms with van der Waals surface area (Å²) < 4.78 is 7.09. The van der Waals surface area contributed by atoms with Gasteiger partial charge in [0.15, 0.2) is 17.5 Å². The lowest BCUT2D eigenvalue weighted by Gasteiger charge is -2.46. The molecular weight excluding hydrogens is 719 g/mol. The van der Waals surface area contributed by atoms with Crippen molar-refractivity contribution in [3.8, 4) is 56.4 Å². The average Bonchev–Trinajstić information content (AvgIpc) is 3.82. The van der Waals surface area contributed by atoms with Gasteiger partial charge in [-0.15, -0.1) is 0 Å². The van der Waals surface area contributed by atoms with E-state index in [1.807, 2.05) is 36.4 Å². The molecule has 2 aromatic heterocycles. The van der Waals surface area contributed by atoms with Crippen LogP contribution < -0.4 is 0 Å². The standard InChI is InChI=1S/C55H37N3O/c1-54(2)45-26-13-14-27-46(45)55(43-24-11-9-20-38(43)39-21-10-12-25-44(39)55)48-33-49-42(32-47(48)54)40-22-15-23-41(50(40)59-49)53-57-51(36-18-7-4-8-19-36)56-52(58-53)37-30-28-35(29-31-37)34-16-5-3-6-17-34/h3-33H,1-2H3. The maximum atomic E-state index is 7.09. The van der Waals surface area contributed by atoms with Gasteiger partial charge in [0.05, 0.1) is 11.0 Å². The van der Waals surface area contributed by atoms with Crippen LogP contribution in [-0.4, -0.2) is 15.0 Å². The first-order valence-electron chi connectivity index (χ1n) is 20.3. The van der Waals surface area contributed by atoms with E-state index in [-0.39, 0.29) is 5.41 Å². The molecule has 0 saturated heterocycles. The highest BCUT2D eigenvalue weighted by atomic mass is 16.3. The van der Waals surface area contributed by atoms with Crippen molar-refractivity contribution in [2.24, 2.45) is 0 Å². The van der Waals surface area contributed by atoms with E-state index in [1.54, 1.807) is 0 Å². The third-order valence-corrected chi connectivity index (χ3v) is 12.8. The molecule has 10 aromatic rings. The fraction of sp³-hybridized carbons (Fsp3) is 0.0727. The maximum Gasteiger partial charge on any atom is 0.167 e. The van der Waals surface area contributed by atoms with Gasteiger partial charge in [-0.05, 0) is 73.8 Å². The predicted octanol–water partition coefficient (Wildman–Crippen LogP) is 13.4. The third kappa shape index (κ3) is 4.80. The number of benzene rings is 8. The molecule has 0 fully saturated rings. The van der Waals surface area contributed by atoms with Crippen LogP contribution in [0.4, 0.5) is 0 Å². The minimum Gasteiger partial charge on any atom is -0.455 e. The molecule has 12 rings (SSSR count). The summed E-state index contributed by atoms with van der Waals surface area (Å²) in [6, 6.07) is 67.0. The van der Waals surface area contributed by atoms with Gasteiger partial charge in [-0.3, -0.25) is 0 Å². The van der Waals surface area contributed by atoms with Gasteiger partial charge in [-0.2, -0.15) is 0 Å². The molecule has 0 aliphatic heterocycles. The van der Waals surface area contributed by atoms with Gasteiger partial charge >= 0.3 is 0 Å². The van der Waals surface area contributed by atoms with Crippen molar-refractivity contribution < 1.29 is 4.42 Å². The fourth-order valence-corrected chi connectivity index (χ4v) is 10.1. The summed E-state index contributed by atoms with van der Waals surface area (Å²) in [5.41, 5.74) is 16.2. The van der Waals surface area contributed by atoms with Crippen LogP contribution in [0.5, 0.6) is 0 Å². The molecule has 0 unspecified atom stereocenters. The van der Waals surface area contributed by atoms with Crippen LogP contribution >= 0.6 is 0 Å². The molecular formula is C55H37N3O. The van der Waals surface area contributed by atoms with Crippen molar-refractivity contribution in [1.29, 1.82) is 0 Å². The number of aromatic nitrogens is 3. The number of fused-ring (bicyclic) bond motifs is 12. The van der Waals surface area contributed by atoms with Crippen LogP contribution in [-0.2, 0) is 10.8 Å². The normalized spacial score (nSPS) is 14.2. The molecule has 2 aliphatic rings. The molecule has 4 heteroatoms. The van der Waals surface area contributed by atoms with E-state index < -0.39 is 5.41 Å². The van der Waals surface area contributed by atoms with Gasteiger partial charge < -0.3 is 4.42 Å². The number of para-hydroxylation sites is 1. The average molecular weight is 756 g/mol. The molecule has 59 heavy (non-hydrogen) atoms. The molecule has 2 heterocycles. The Bertz CT molecular complexity index is 3240. The van der Waals surface area contributed by atoms with Crippen molar-refractivity contribution in [2.45, 2.75) is 24.7 Å². The van der Waals surface area contributed by atoms with Gasteiger partial charge in [-0.1, -0.05) is 184 Å². The number of rotatable bonds is 4. The second-order valence-corrected chi connectivity index (χ2v) is 16.3. The summed E-state index contributed by atoms with van der Waals surface area (Å²) in [5, 5.41) is 2.11. The Morgan fingerprint density at radius 1 is 0.356 bits per heavy atom. The fourth-order valence-electron chi connectivity index (χ4n) is 10.1. The van der Waals surface area contributed by atoms with Gasteiger partial charge in [0.2, 0.25) is 0 Å². The highest BCUT2D eigenvalue weighted by Gasteiger charge is 2.53. The topological polar surface area (TPSA) is 51.8 Å². The zero-order chi connectivity index (χ0) is 39.3. The summed E-state index contributed by atoms with van der Waals surface area (Å²) in [4.78, 5) is 15.4. The molecule has 0 amide bonds. The SMILES string of the molecule is CC1(C)c2ccccc2C2(c3ccccc3-c3ccccc32)c2cc3oc4c(-c5nc(-c6ccccc6)nc(-c6ccc(-c7ccccc7)cc6)n5)cccc4c3cc21. The first-order valence-corrected chi connectivity index (χ1v) is 20.3. The van der Waals surface area contributed by atoms with Gasteiger partial charge in [-0.25, -0.2) is 15.0 Å². The monoisotopic (exact) mass is 755 g/mol. The molecule has 0 N–H and O–H groups in total. The van der Waals surface area contributed by atoms with Crippen LogP contribution in [0.1, 0.15) is 47.2 Å². The van der Waals surface area contributed by atoms with Crippen LogP contribution in [0.2, 0.25) is 0 Å². The Morgan fingerprint density at radius 2 is 0.847 bits per heavy atom. The Hall–Kier alpha value is -7.43. The van der Waals surface area contributed by atoms with Crippen molar-refractivity contribution in [3.05, 3.63) is 221 Å². The molecule has 2 aliphatic carbocycles. The van der Waals surface area contributed by atoms with E-state index in [2.05, 4.69) is 166 Å². The second-order valence-electron chi connectivity index (χ2n) is 16.3. The minimum absolute atomic E-state index is 0.275. The van der Waals surface area contributed by atoms with Gasteiger partial charge in [0, 0.05) is 27.3 Å². The number of hydrogen-bond acceptors (Lipinski definition) is 4. The Balaban J connectivity index is 1.09. The van der Waals surface area contributed by atoms with Crippen LogP contribution in [0.15, 0.2) is 192 Å². The maximum absolute atomic E-state index is 7.09. The highest BCUT2D eigenvalue weighted by molar-refractivity contribution is 6.10. The van der Waals surface area contributed by atoms with Gasteiger partial charge in [0.25, 0.3) is 0 Å². The van der Waals surface area contributed by atoms with Crippen molar-refractivity contribution in [3.63, 3.8) is 0 Å². The van der Waals surface area contributed by atoms with Crippen molar-refractivity contribution in [2.75, 3.05) is 0 Å². The summed E-state index contributed by atoms with van der Waals surface area (Å²) in [6.45, 7) is 4.74. The van der Waals surface area contributed by atoms with E-state index in [1.165, 1.54) is 44.5 Å². The molecule has 1 spiro atoms. The molecule has 0 bridgehead atoms. The first kappa shape index (κ1) is 33.7. The quantitative estimate of drug-likeness (QED) is 0.179. The van der Waals surface area contributed by atoms with E-state index in [4.69, 9.17) is 19.4 Å². The van der Waals surface area contributed by atoms with E-state index in [9.17, 15) is 0 Å². The predicted molar refractivity (Wildman–Crippen MR) is 238 cm³/mol. The molecule has 0 saturated carbocycles. The second kappa shape index (κ2) is 12.5. The Kier molecular flexibility index (Phi) is 7.16.